The van der Waals surface area contributed by atoms with Crippen molar-refractivity contribution in [1.82, 2.24) is 24.5 Å². The van der Waals surface area contributed by atoms with Crippen LogP contribution in [0, 0.1) is 6.92 Å². The standard InChI is InChI=1S/C17H19N5O2/c1-11-19-20-16-17(24)21(10-15(23)18-12-6-2-3-7-12)13-8-4-5-9-14(13)22(11)16/h4-5,8-9,12H,2-3,6-7,10H2,1H3,(H,18,23). The van der Waals surface area contributed by atoms with Gasteiger partial charge in [0.15, 0.2) is 0 Å². The van der Waals surface area contributed by atoms with E-state index >= 15 is 0 Å². The molecule has 1 N–H and O–H groups in total. The van der Waals surface area contributed by atoms with Gasteiger partial charge in [-0.3, -0.25) is 18.6 Å². The number of fused-ring (bicyclic) bond motifs is 3. The highest BCUT2D eigenvalue weighted by molar-refractivity contribution is 5.82. The van der Waals surface area contributed by atoms with Crippen molar-refractivity contribution in [2.24, 2.45) is 0 Å². The van der Waals surface area contributed by atoms with Gasteiger partial charge < -0.3 is 5.32 Å². The van der Waals surface area contributed by atoms with Crippen LogP contribution in [0.25, 0.3) is 16.7 Å². The van der Waals surface area contributed by atoms with Gasteiger partial charge >= 0.3 is 0 Å². The third-order valence-electron chi connectivity index (χ3n) is 4.70. The summed E-state index contributed by atoms with van der Waals surface area (Å²) in [5, 5.41) is 11.0. The number of nitrogens with one attached hydrogen (secondary N) is 1. The lowest BCUT2D eigenvalue weighted by Crippen LogP contribution is -2.38. The summed E-state index contributed by atoms with van der Waals surface area (Å²) in [4.78, 5) is 25.2. The zero-order valence-corrected chi connectivity index (χ0v) is 13.5. The van der Waals surface area contributed by atoms with Crippen molar-refractivity contribution in [3.63, 3.8) is 0 Å². The van der Waals surface area contributed by atoms with Crippen molar-refractivity contribution < 1.29 is 4.79 Å². The maximum absolute atomic E-state index is 12.8. The van der Waals surface area contributed by atoms with Crippen LogP contribution in [0.1, 0.15) is 31.5 Å². The summed E-state index contributed by atoms with van der Waals surface area (Å²) in [5.41, 5.74) is 1.48. The first-order valence-corrected chi connectivity index (χ1v) is 8.28. The first-order chi connectivity index (χ1) is 11.6. The fraction of sp³-hybridized carbons (Fsp3) is 0.412. The summed E-state index contributed by atoms with van der Waals surface area (Å²) in [5.74, 6) is 0.524. The van der Waals surface area contributed by atoms with Gasteiger partial charge in [-0.15, -0.1) is 10.2 Å². The highest BCUT2D eigenvalue weighted by atomic mass is 16.2. The van der Waals surface area contributed by atoms with E-state index in [4.69, 9.17) is 0 Å². The highest BCUT2D eigenvalue weighted by Crippen LogP contribution is 2.18. The number of hydrogen-bond donors (Lipinski definition) is 1. The molecule has 2 heterocycles. The molecule has 1 amide bonds. The first-order valence-electron chi connectivity index (χ1n) is 8.28. The minimum atomic E-state index is -0.295. The zero-order chi connectivity index (χ0) is 16.7. The van der Waals surface area contributed by atoms with Crippen molar-refractivity contribution in [3.05, 3.63) is 40.4 Å². The van der Waals surface area contributed by atoms with E-state index in [1.807, 2.05) is 31.2 Å². The van der Waals surface area contributed by atoms with E-state index in [-0.39, 0.29) is 29.7 Å². The van der Waals surface area contributed by atoms with Crippen LogP contribution in [-0.2, 0) is 11.3 Å². The fourth-order valence-electron chi connectivity index (χ4n) is 3.54. The summed E-state index contributed by atoms with van der Waals surface area (Å²) in [6.45, 7) is 1.81. The lowest BCUT2D eigenvalue weighted by Gasteiger charge is -2.15. The van der Waals surface area contributed by atoms with E-state index in [1.165, 1.54) is 4.57 Å². The SMILES string of the molecule is Cc1nnc2c(=O)n(CC(=O)NC3CCCC3)c3ccccc3n12. The predicted octanol–water partition coefficient (Wildman–Crippen LogP) is 1.41. The van der Waals surface area contributed by atoms with Crippen LogP contribution in [-0.4, -0.2) is 31.1 Å². The van der Waals surface area contributed by atoms with Crippen LogP contribution in [0.3, 0.4) is 0 Å². The van der Waals surface area contributed by atoms with Crippen LogP contribution in [0.4, 0.5) is 0 Å². The maximum atomic E-state index is 12.8. The number of rotatable bonds is 3. The number of hydrogen-bond acceptors (Lipinski definition) is 4. The molecule has 0 saturated heterocycles. The van der Waals surface area contributed by atoms with Crippen molar-refractivity contribution in [2.45, 2.75) is 45.2 Å². The van der Waals surface area contributed by atoms with E-state index < -0.39 is 0 Å². The van der Waals surface area contributed by atoms with Crippen LogP contribution in [0.5, 0.6) is 0 Å². The lowest BCUT2D eigenvalue weighted by atomic mass is 10.2. The highest BCUT2D eigenvalue weighted by Gasteiger charge is 2.20. The number of benzene rings is 1. The Balaban J connectivity index is 1.80. The molecule has 124 valence electrons. The molecule has 4 rings (SSSR count). The Morgan fingerprint density at radius 2 is 1.92 bits per heavy atom. The van der Waals surface area contributed by atoms with Gasteiger partial charge in [-0.2, -0.15) is 0 Å². The smallest absolute Gasteiger partial charge is 0.297 e. The van der Waals surface area contributed by atoms with Crippen molar-refractivity contribution in [1.29, 1.82) is 0 Å². The largest absolute Gasteiger partial charge is 0.352 e. The molecule has 7 heteroatoms. The Morgan fingerprint density at radius 1 is 1.21 bits per heavy atom. The molecule has 1 aromatic carbocycles. The monoisotopic (exact) mass is 325 g/mol. The number of aromatic nitrogens is 4. The Labute approximate surface area is 138 Å². The molecule has 1 aliphatic rings. The van der Waals surface area contributed by atoms with Crippen molar-refractivity contribution in [2.75, 3.05) is 0 Å². The van der Waals surface area contributed by atoms with E-state index in [0.717, 1.165) is 31.2 Å². The quantitative estimate of drug-likeness (QED) is 0.789. The second-order valence-corrected chi connectivity index (χ2v) is 6.34. The number of carbonyl (C=O) groups is 1. The van der Waals surface area contributed by atoms with Gasteiger partial charge in [0.25, 0.3) is 5.56 Å². The molecular weight excluding hydrogens is 306 g/mol. The maximum Gasteiger partial charge on any atom is 0.297 e. The van der Waals surface area contributed by atoms with Gasteiger partial charge in [0.2, 0.25) is 11.6 Å². The minimum absolute atomic E-state index is 0.00173. The second kappa shape index (κ2) is 5.74. The fourth-order valence-corrected chi connectivity index (χ4v) is 3.54. The molecule has 1 saturated carbocycles. The molecule has 0 radical (unpaired) electrons. The molecule has 0 unspecified atom stereocenters. The molecule has 1 fully saturated rings. The number of aryl methyl sites for hydroxylation is 1. The van der Waals surface area contributed by atoms with E-state index in [0.29, 0.717) is 11.3 Å². The van der Waals surface area contributed by atoms with Gasteiger partial charge in [0.05, 0.1) is 11.0 Å². The van der Waals surface area contributed by atoms with E-state index in [1.54, 1.807) is 4.40 Å². The van der Waals surface area contributed by atoms with Gasteiger partial charge in [0, 0.05) is 6.04 Å². The molecule has 1 aliphatic carbocycles. The van der Waals surface area contributed by atoms with Gasteiger partial charge in [-0.1, -0.05) is 25.0 Å². The first kappa shape index (κ1) is 14.9. The summed E-state index contributed by atoms with van der Waals surface area (Å²) in [6, 6.07) is 7.74. The third kappa shape index (κ3) is 2.36. The average Bonchev–Trinajstić information content (AvgIpc) is 3.21. The predicted molar refractivity (Wildman–Crippen MR) is 89.9 cm³/mol. The normalized spacial score (nSPS) is 15.4. The van der Waals surface area contributed by atoms with Crippen LogP contribution in [0.15, 0.2) is 29.1 Å². The van der Waals surface area contributed by atoms with E-state index in [9.17, 15) is 9.59 Å². The molecule has 0 spiro atoms. The lowest BCUT2D eigenvalue weighted by molar-refractivity contribution is -0.122. The molecule has 0 atom stereocenters. The van der Waals surface area contributed by atoms with Gasteiger partial charge in [-0.25, -0.2) is 0 Å². The van der Waals surface area contributed by atoms with Crippen molar-refractivity contribution in [3.8, 4) is 0 Å². The minimum Gasteiger partial charge on any atom is -0.352 e. The zero-order valence-electron chi connectivity index (χ0n) is 13.5. The Hall–Kier alpha value is -2.70. The molecule has 24 heavy (non-hydrogen) atoms. The molecule has 3 aromatic rings. The summed E-state index contributed by atoms with van der Waals surface area (Å²) >= 11 is 0. The topological polar surface area (TPSA) is 81.3 Å². The van der Waals surface area contributed by atoms with Crippen LogP contribution in [0.2, 0.25) is 0 Å². The number of amides is 1. The number of nitrogens with zero attached hydrogens (tertiary/aromatic N) is 4. The Kier molecular flexibility index (Phi) is 3.55. The second-order valence-electron chi connectivity index (χ2n) is 6.34. The average molecular weight is 325 g/mol. The summed E-state index contributed by atoms with van der Waals surface area (Å²) in [6.07, 6.45) is 4.34. The van der Waals surface area contributed by atoms with Crippen LogP contribution >= 0.6 is 0 Å². The third-order valence-corrected chi connectivity index (χ3v) is 4.70. The molecular formula is C17H19N5O2. The van der Waals surface area contributed by atoms with E-state index in [2.05, 4.69) is 15.5 Å². The van der Waals surface area contributed by atoms with Crippen molar-refractivity contribution >= 4 is 22.6 Å². The molecule has 0 bridgehead atoms. The van der Waals surface area contributed by atoms with Gasteiger partial charge in [0.1, 0.15) is 12.4 Å². The molecule has 7 nitrogen and oxygen atoms in total. The van der Waals surface area contributed by atoms with Crippen LogP contribution < -0.4 is 10.9 Å². The number of carbonyl (C=O) groups excluding carboxylic acids is 1. The molecule has 2 aromatic heterocycles. The number of para-hydroxylation sites is 2. The van der Waals surface area contributed by atoms with Gasteiger partial charge in [-0.05, 0) is 31.9 Å². The Bertz CT molecular complexity index is 982. The molecule has 0 aliphatic heterocycles. The summed E-state index contributed by atoms with van der Waals surface area (Å²) < 4.78 is 3.23. The summed E-state index contributed by atoms with van der Waals surface area (Å²) in [7, 11) is 0. The Morgan fingerprint density at radius 3 is 2.67 bits per heavy atom.